The minimum atomic E-state index is -4.62. The molecule has 0 bridgehead atoms. The molecule has 0 spiro atoms. The van der Waals surface area contributed by atoms with Crippen LogP contribution < -0.4 is 16.4 Å². The molecule has 0 aromatic carbocycles. The quantitative estimate of drug-likeness (QED) is 0.574. The molecule has 1 amide bonds. The number of aromatic nitrogens is 4. The summed E-state index contributed by atoms with van der Waals surface area (Å²) in [6.45, 7) is 1.47. The number of hydrogen-bond donors (Lipinski definition) is 3. The summed E-state index contributed by atoms with van der Waals surface area (Å²) in [5.74, 6) is -0.706. The molecule has 30 heavy (non-hydrogen) atoms. The molecule has 12 heteroatoms. The minimum absolute atomic E-state index is 0.0103. The lowest BCUT2D eigenvalue weighted by Crippen LogP contribution is -2.24. The first-order chi connectivity index (χ1) is 14.3. The number of carbonyl (C=O) groups excluding carboxylic acids is 1. The molecule has 1 saturated heterocycles. The number of pyridine rings is 1. The minimum Gasteiger partial charge on any atom is -0.383 e. The second-order valence-electron chi connectivity index (χ2n) is 6.78. The molecule has 0 aliphatic carbocycles. The number of fused-ring (bicyclic) bond motifs is 1. The zero-order valence-electron chi connectivity index (χ0n) is 15.6. The average Bonchev–Trinajstić information content (AvgIpc) is 3.34. The van der Waals surface area contributed by atoms with Crippen molar-refractivity contribution in [1.29, 1.82) is 0 Å². The number of amides is 1. The second kappa shape index (κ2) is 7.88. The van der Waals surface area contributed by atoms with Crippen LogP contribution in [0, 0.1) is 0 Å². The average molecular weight is 421 g/mol. The third kappa shape index (κ3) is 4.33. The summed E-state index contributed by atoms with van der Waals surface area (Å²) < 4.78 is 46.1. The summed E-state index contributed by atoms with van der Waals surface area (Å²) in [7, 11) is 0. The Morgan fingerprint density at radius 2 is 2.23 bits per heavy atom. The van der Waals surface area contributed by atoms with Crippen molar-refractivity contribution in [2.24, 2.45) is 0 Å². The number of imidazole rings is 1. The number of nitrogens with two attached hydrogens (primary N) is 1. The molecule has 1 fully saturated rings. The molecule has 4 rings (SSSR count). The topological polar surface area (TPSA) is 119 Å². The molecule has 0 saturated carbocycles. The van der Waals surface area contributed by atoms with Crippen molar-refractivity contribution in [1.82, 2.24) is 24.9 Å². The maximum atomic E-state index is 13.1. The second-order valence-corrected chi connectivity index (χ2v) is 6.78. The van der Waals surface area contributed by atoms with Crippen molar-refractivity contribution < 1.29 is 22.7 Å². The van der Waals surface area contributed by atoms with E-state index in [1.807, 2.05) is 0 Å². The molecule has 0 radical (unpaired) electrons. The van der Waals surface area contributed by atoms with Crippen molar-refractivity contribution in [3.63, 3.8) is 0 Å². The van der Waals surface area contributed by atoms with E-state index in [1.54, 1.807) is 6.07 Å². The zero-order chi connectivity index (χ0) is 21.3. The third-order valence-corrected chi connectivity index (χ3v) is 4.57. The van der Waals surface area contributed by atoms with E-state index in [4.69, 9.17) is 10.5 Å². The van der Waals surface area contributed by atoms with E-state index in [2.05, 4.69) is 25.7 Å². The van der Waals surface area contributed by atoms with Gasteiger partial charge in [-0.2, -0.15) is 18.3 Å². The van der Waals surface area contributed by atoms with Crippen LogP contribution in [0.15, 0.2) is 30.6 Å². The Kier molecular flexibility index (Phi) is 5.26. The van der Waals surface area contributed by atoms with Crippen LogP contribution in [0.25, 0.3) is 16.9 Å². The number of nitrogens with one attached hydrogen (secondary N) is 2. The number of nitrogen functional groups attached to an aromatic ring is 1. The lowest BCUT2D eigenvalue weighted by molar-refractivity contribution is -0.137. The van der Waals surface area contributed by atoms with Crippen molar-refractivity contribution in [2.45, 2.75) is 18.7 Å². The van der Waals surface area contributed by atoms with Crippen LogP contribution >= 0.6 is 0 Å². The first-order valence-electron chi connectivity index (χ1n) is 9.11. The van der Waals surface area contributed by atoms with Gasteiger partial charge in [0.2, 0.25) is 0 Å². The Morgan fingerprint density at radius 1 is 1.40 bits per heavy atom. The standard InChI is InChI=1S/C18H18F3N7O2/c19-18(20,21)12-5-10(6-24-17(12)22)13-1-2-15-25-14(8-28(15)27-13)26-16(29)9-30-11-3-4-23-7-11/h1-2,5-6,8,11,23H,3-4,7,9H2,(H2,22,24)(H,26,29)/t11-/m1/s1. The van der Waals surface area contributed by atoms with Gasteiger partial charge in [0.05, 0.1) is 23.6 Å². The number of alkyl halides is 3. The fraction of sp³-hybridized carbons (Fsp3) is 0.333. The number of carbonyl (C=O) groups is 1. The van der Waals surface area contributed by atoms with Crippen LogP contribution in [0.4, 0.5) is 24.8 Å². The molecule has 1 atom stereocenters. The van der Waals surface area contributed by atoms with Crippen LogP contribution in [0.3, 0.4) is 0 Å². The van der Waals surface area contributed by atoms with Crippen molar-refractivity contribution in [3.05, 3.63) is 36.2 Å². The molecule has 1 aliphatic rings. The molecule has 158 valence electrons. The fourth-order valence-electron chi connectivity index (χ4n) is 3.08. The van der Waals surface area contributed by atoms with Gasteiger partial charge in [-0.25, -0.2) is 14.5 Å². The van der Waals surface area contributed by atoms with Gasteiger partial charge in [-0.3, -0.25) is 4.79 Å². The molecule has 4 N–H and O–H groups in total. The lowest BCUT2D eigenvalue weighted by atomic mass is 10.1. The zero-order valence-corrected chi connectivity index (χ0v) is 15.6. The molecule has 3 aromatic rings. The summed E-state index contributed by atoms with van der Waals surface area (Å²) in [5.41, 5.74) is 5.11. The van der Waals surface area contributed by atoms with Crippen molar-refractivity contribution in [3.8, 4) is 11.3 Å². The SMILES string of the molecule is Nc1ncc(-c2ccc3nc(NC(=O)CO[C@@H]4CCNC4)cn3n2)cc1C(F)(F)F. The van der Waals surface area contributed by atoms with Gasteiger partial charge in [-0.15, -0.1) is 0 Å². The van der Waals surface area contributed by atoms with Gasteiger partial charge in [0.1, 0.15) is 12.4 Å². The molecular formula is C18H18F3N7O2. The Bertz CT molecular complexity index is 1080. The third-order valence-electron chi connectivity index (χ3n) is 4.57. The Balaban J connectivity index is 1.50. The van der Waals surface area contributed by atoms with Gasteiger partial charge >= 0.3 is 6.18 Å². The monoisotopic (exact) mass is 421 g/mol. The molecule has 0 unspecified atom stereocenters. The normalized spacial score (nSPS) is 16.8. The molecule has 3 aromatic heterocycles. The smallest absolute Gasteiger partial charge is 0.383 e. The fourth-order valence-corrected chi connectivity index (χ4v) is 3.08. The van der Waals surface area contributed by atoms with E-state index in [-0.39, 0.29) is 35.7 Å². The molecule has 1 aliphatic heterocycles. The lowest BCUT2D eigenvalue weighted by Gasteiger charge is -2.10. The summed E-state index contributed by atoms with van der Waals surface area (Å²) >= 11 is 0. The van der Waals surface area contributed by atoms with E-state index in [0.29, 0.717) is 12.2 Å². The van der Waals surface area contributed by atoms with Gasteiger partial charge in [0.15, 0.2) is 11.5 Å². The van der Waals surface area contributed by atoms with Gasteiger partial charge in [0, 0.05) is 18.3 Å². The van der Waals surface area contributed by atoms with E-state index in [0.717, 1.165) is 19.0 Å². The van der Waals surface area contributed by atoms with Gasteiger partial charge < -0.3 is 21.1 Å². The van der Waals surface area contributed by atoms with Crippen LogP contribution in [0.5, 0.6) is 0 Å². The van der Waals surface area contributed by atoms with E-state index in [1.165, 1.54) is 23.0 Å². The number of hydrogen-bond acceptors (Lipinski definition) is 7. The van der Waals surface area contributed by atoms with Gasteiger partial charge in [-0.1, -0.05) is 0 Å². The van der Waals surface area contributed by atoms with Gasteiger partial charge in [0.25, 0.3) is 5.91 Å². The van der Waals surface area contributed by atoms with Crippen molar-refractivity contribution >= 4 is 23.2 Å². The summed E-state index contributed by atoms with van der Waals surface area (Å²) in [6.07, 6.45) is -1.09. The summed E-state index contributed by atoms with van der Waals surface area (Å²) in [6, 6.07) is 3.98. The van der Waals surface area contributed by atoms with E-state index in [9.17, 15) is 18.0 Å². The maximum Gasteiger partial charge on any atom is 0.419 e. The Morgan fingerprint density at radius 3 is 2.97 bits per heavy atom. The number of anilines is 2. The van der Waals surface area contributed by atoms with Crippen LogP contribution in [-0.4, -0.2) is 51.3 Å². The summed E-state index contributed by atoms with van der Waals surface area (Å²) in [4.78, 5) is 19.9. The number of rotatable bonds is 5. The van der Waals surface area contributed by atoms with E-state index < -0.39 is 17.6 Å². The highest BCUT2D eigenvalue weighted by molar-refractivity contribution is 5.91. The van der Waals surface area contributed by atoms with Crippen LogP contribution in [0.2, 0.25) is 0 Å². The van der Waals surface area contributed by atoms with Crippen molar-refractivity contribution in [2.75, 3.05) is 30.7 Å². The summed E-state index contributed by atoms with van der Waals surface area (Å²) in [5, 5.41) is 10.0. The van der Waals surface area contributed by atoms with E-state index >= 15 is 0 Å². The highest BCUT2D eigenvalue weighted by Gasteiger charge is 2.34. The van der Waals surface area contributed by atoms with Crippen LogP contribution in [-0.2, 0) is 15.7 Å². The Hall–Kier alpha value is -3.25. The predicted octanol–water partition coefficient (Wildman–Crippen LogP) is 1.71. The molecule has 9 nitrogen and oxygen atoms in total. The number of halogens is 3. The van der Waals surface area contributed by atoms with Crippen LogP contribution in [0.1, 0.15) is 12.0 Å². The number of ether oxygens (including phenoxy) is 1. The Labute approximate surface area is 168 Å². The first-order valence-corrected chi connectivity index (χ1v) is 9.11. The maximum absolute atomic E-state index is 13.1. The predicted molar refractivity (Wildman–Crippen MR) is 101 cm³/mol. The number of nitrogens with zero attached hydrogens (tertiary/aromatic N) is 4. The molecule has 4 heterocycles. The molecular weight excluding hydrogens is 403 g/mol. The van der Waals surface area contributed by atoms with Gasteiger partial charge in [-0.05, 0) is 31.2 Å². The highest BCUT2D eigenvalue weighted by atomic mass is 19.4. The largest absolute Gasteiger partial charge is 0.419 e. The highest BCUT2D eigenvalue weighted by Crippen LogP contribution is 2.34. The first kappa shape index (κ1) is 20.0.